The number of carbonyl (C=O) groups excluding carboxylic acids is 3. The fourth-order valence-corrected chi connectivity index (χ4v) is 4.44. The molecule has 0 spiro atoms. The van der Waals surface area contributed by atoms with Gasteiger partial charge in [0.25, 0.3) is 5.91 Å². The molecule has 1 atom stereocenters. The molecule has 39 heavy (non-hydrogen) atoms. The number of esters is 1. The summed E-state index contributed by atoms with van der Waals surface area (Å²) in [4.78, 5) is 40.5. The van der Waals surface area contributed by atoms with Gasteiger partial charge >= 0.3 is 12.0 Å². The summed E-state index contributed by atoms with van der Waals surface area (Å²) in [5.41, 5.74) is 2.85. The standard InChI is InChI=1S/C30H30ClN3O5/c1-3-18-34-28(21-8-6-5-7-9-21)26(29(36)38-4-2)27(33-30(34)37)20-10-14-23(15-11-20)32-25(35)19-39-24-16-12-22(31)13-17-24/h5-17,27H,3-4,18-19H2,1-2H3,(H,32,35)(H,33,37)/t27-/m1/s1. The number of benzene rings is 3. The molecule has 0 saturated carbocycles. The molecule has 1 heterocycles. The highest BCUT2D eigenvalue weighted by atomic mass is 35.5. The normalized spacial score (nSPS) is 15.0. The van der Waals surface area contributed by atoms with Crippen molar-refractivity contribution in [2.75, 3.05) is 25.1 Å². The Bertz CT molecular complexity index is 1340. The summed E-state index contributed by atoms with van der Waals surface area (Å²) < 4.78 is 10.9. The zero-order valence-corrected chi connectivity index (χ0v) is 22.5. The van der Waals surface area contributed by atoms with Crippen LogP contribution in [0.3, 0.4) is 0 Å². The number of amides is 3. The van der Waals surface area contributed by atoms with E-state index in [-0.39, 0.29) is 25.2 Å². The third-order valence-corrected chi connectivity index (χ3v) is 6.28. The van der Waals surface area contributed by atoms with E-state index < -0.39 is 12.0 Å². The Morgan fingerprint density at radius 3 is 2.31 bits per heavy atom. The van der Waals surface area contributed by atoms with Crippen molar-refractivity contribution in [1.82, 2.24) is 10.2 Å². The van der Waals surface area contributed by atoms with E-state index in [1.54, 1.807) is 60.4 Å². The second-order valence-corrected chi connectivity index (χ2v) is 9.23. The number of nitrogens with one attached hydrogen (secondary N) is 2. The molecular weight excluding hydrogens is 518 g/mol. The third kappa shape index (κ3) is 6.78. The van der Waals surface area contributed by atoms with Gasteiger partial charge in [-0.2, -0.15) is 0 Å². The molecule has 3 amide bonds. The van der Waals surface area contributed by atoms with Crippen LogP contribution >= 0.6 is 11.6 Å². The molecule has 8 nitrogen and oxygen atoms in total. The van der Waals surface area contributed by atoms with Gasteiger partial charge in [-0.1, -0.05) is 61.0 Å². The quantitative estimate of drug-likeness (QED) is 0.312. The van der Waals surface area contributed by atoms with Crippen molar-refractivity contribution in [3.8, 4) is 5.75 Å². The van der Waals surface area contributed by atoms with Crippen LogP contribution in [0, 0.1) is 0 Å². The van der Waals surface area contributed by atoms with Gasteiger partial charge in [-0.25, -0.2) is 9.59 Å². The van der Waals surface area contributed by atoms with Gasteiger partial charge in [-0.05, 0) is 60.9 Å². The lowest BCUT2D eigenvalue weighted by Crippen LogP contribution is -2.48. The minimum atomic E-state index is -0.738. The summed E-state index contributed by atoms with van der Waals surface area (Å²) >= 11 is 5.87. The molecule has 3 aromatic carbocycles. The number of hydrogen-bond donors (Lipinski definition) is 2. The lowest BCUT2D eigenvalue weighted by molar-refractivity contribution is -0.139. The number of ether oxygens (including phenoxy) is 2. The number of rotatable bonds is 10. The lowest BCUT2D eigenvalue weighted by atomic mass is 9.91. The highest BCUT2D eigenvalue weighted by molar-refractivity contribution is 6.30. The molecule has 3 aromatic rings. The van der Waals surface area contributed by atoms with E-state index in [1.807, 2.05) is 37.3 Å². The number of hydrogen-bond acceptors (Lipinski definition) is 5. The summed E-state index contributed by atoms with van der Waals surface area (Å²) in [6.07, 6.45) is 0.709. The van der Waals surface area contributed by atoms with Gasteiger partial charge < -0.3 is 20.1 Å². The molecule has 202 valence electrons. The van der Waals surface area contributed by atoms with E-state index in [2.05, 4.69) is 10.6 Å². The second kappa shape index (κ2) is 13.0. The Kier molecular flexibility index (Phi) is 9.22. The van der Waals surface area contributed by atoms with E-state index in [0.29, 0.717) is 46.3 Å². The minimum absolute atomic E-state index is 0.175. The molecule has 4 rings (SSSR count). The average Bonchev–Trinajstić information content (AvgIpc) is 2.94. The van der Waals surface area contributed by atoms with Crippen LogP contribution in [0.2, 0.25) is 5.02 Å². The van der Waals surface area contributed by atoms with Gasteiger partial charge in [-0.15, -0.1) is 0 Å². The summed E-state index contributed by atoms with van der Waals surface area (Å²) in [5, 5.41) is 6.34. The first-order chi connectivity index (χ1) is 18.9. The Labute approximate surface area is 232 Å². The first-order valence-electron chi connectivity index (χ1n) is 12.7. The first kappa shape index (κ1) is 27.7. The molecule has 0 radical (unpaired) electrons. The maximum absolute atomic E-state index is 13.3. The molecule has 0 aromatic heterocycles. The average molecular weight is 548 g/mol. The van der Waals surface area contributed by atoms with Crippen LogP contribution in [0.5, 0.6) is 5.75 Å². The molecule has 0 fully saturated rings. The van der Waals surface area contributed by atoms with Gasteiger partial charge in [0.15, 0.2) is 6.61 Å². The van der Waals surface area contributed by atoms with Crippen molar-refractivity contribution in [3.05, 3.63) is 101 Å². The summed E-state index contributed by atoms with van der Waals surface area (Å²) in [6.45, 7) is 4.18. The van der Waals surface area contributed by atoms with Crippen LogP contribution in [-0.4, -0.2) is 42.6 Å². The van der Waals surface area contributed by atoms with Crippen LogP contribution in [0.15, 0.2) is 84.4 Å². The number of anilines is 1. The number of carbonyl (C=O) groups is 3. The topological polar surface area (TPSA) is 97.0 Å². The van der Waals surface area contributed by atoms with Gasteiger partial charge in [0.2, 0.25) is 0 Å². The van der Waals surface area contributed by atoms with Crippen LogP contribution in [0.1, 0.15) is 37.4 Å². The fraction of sp³-hybridized carbons (Fsp3) is 0.233. The number of nitrogens with zero attached hydrogens (tertiary/aromatic N) is 1. The van der Waals surface area contributed by atoms with Crippen molar-refractivity contribution in [1.29, 1.82) is 0 Å². The molecule has 9 heteroatoms. The minimum Gasteiger partial charge on any atom is -0.484 e. The summed E-state index contributed by atoms with van der Waals surface area (Å²) in [7, 11) is 0. The van der Waals surface area contributed by atoms with E-state index in [1.165, 1.54) is 0 Å². The van der Waals surface area contributed by atoms with E-state index in [4.69, 9.17) is 21.1 Å². The Morgan fingerprint density at radius 2 is 1.67 bits per heavy atom. The Hall–Kier alpha value is -4.30. The van der Waals surface area contributed by atoms with Crippen LogP contribution in [0.4, 0.5) is 10.5 Å². The summed E-state index contributed by atoms with van der Waals surface area (Å²) in [6, 6.07) is 22.0. The van der Waals surface area contributed by atoms with E-state index in [9.17, 15) is 14.4 Å². The number of urea groups is 1. The zero-order valence-electron chi connectivity index (χ0n) is 21.8. The van der Waals surface area contributed by atoms with Gasteiger partial charge in [-0.3, -0.25) is 9.69 Å². The van der Waals surface area contributed by atoms with Crippen molar-refractivity contribution >= 4 is 40.9 Å². The molecule has 0 unspecified atom stereocenters. The molecular formula is C30H30ClN3O5. The molecule has 1 aliphatic rings. The SMILES string of the molecule is CCCN1C(=O)N[C@H](c2ccc(NC(=O)COc3ccc(Cl)cc3)cc2)C(C(=O)OCC)=C1c1ccccc1. The van der Waals surface area contributed by atoms with Crippen LogP contribution < -0.4 is 15.4 Å². The van der Waals surface area contributed by atoms with Crippen molar-refractivity contribution < 1.29 is 23.9 Å². The molecule has 0 saturated heterocycles. The largest absolute Gasteiger partial charge is 0.484 e. The predicted molar refractivity (Wildman–Crippen MR) is 150 cm³/mol. The van der Waals surface area contributed by atoms with Crippen LogP contribution in [0.25, 0.3) is 5.70 Å². The van der Waals surface area contributed by atoms with Gasteiger partial charge in [0.05, 0.1) is 23.9 Å². The van der Waals surface area contributed by atoms with E-state index in [0.717, 1.165) is 5.56 Å². The smallest absolute Gasteiger partial charge is 0.338 e. The van der Waals surface area contributed by atoms with Crippen LogP contribution in [-0.2, 0) is 14.3 Å². The first-order valence-corrected chi connectivity index (χ1v) is 13.1. The molecule has 0 bridgehead atoms. The van der Waals surface area contributed by atoms with E-state index >= 15 is 0 Å². The summed E-state index contributed by atoms with van der Waals surface area (Å²) in [5.74, 6) is -0.306. The highest BCUT2D eigenvalue weighted by Gasteiger charge is 2.38. The molecule has 0 aliphatic carbocycles. The van der Waals surface area contributed by atoms with Crippen molar-refractivity contribution in [2.24, 2.45) is 0 Å². The maximum atomic E-state index is 13.3. The van der Waals surface area contributed by atoms with Gasteiger partial charge in [0.1, 0.15) is 5.75 Å². The lowest BCUT2D eigenvalue weighted by Gasteiger charge is -2.36. The van der Waals surface area contributed by atoms with Gasteiger partial charge in [0, 0.05) is 17.3 Å². The maximum Gasteiger partial charge on any atom is 0.338 e. The predicted octanol–water partition coefficient (Wildman–Crippen LogP) is 5.81. The molecule has 2 N–H and O–H groups in total. The second-order valence-electron chi connectivity index (χ2n) is 8.80. The monoisotopic (exact) mass is 547 g/mol. The highest BCUT2D eigenvalue weighted by Crippen LogP contribution is 2.37. The molecule has 1 aliphatic heterocycles. The number of halogens is 1. The fourth-order valence-electron chi connectivity index (χ4n) is 4.31. The zero-order chi connectivity index (χ0) is 27.8. The Morgan fingerprint density at radius 1 is 0.974 bits per heavy atom. The van der Waals surface area contributed by atoms with Crippen molar-refractivity contribution in [2.45, 2.75) is 26.3 Å². The third-order valence-electron chi connectivity index (χ3n) is 6.03. The van der Waals surface area contributed by atoms with Crippen molar-refractivity contribution in [3.63, 3.8) is 0 Å². The Balaban J connectivity index is 1.60.